The van der Waals surface area contributed by atoms with Crippen molar-refractivity contribution in [3.63, 3.8) is 0 Å². The van der Waals surface area contributed by atoms with Crippen molar-refractivity contribution in [2.75, 3.05) is 0 Å². The zero-order chi connectivity index (χ0) is 14.2. The van der Waals surface area contributed by atoms with Gasteiger partial charge in [0.15, 0.2) is 5.82 Å². The molecule has 0 amide bonds. The molecule has 0 radical (unpaired) electrons. The molecule has 1 aliphatic carbocycles. The minimum atomic E-state index is -2.49. The van der Waals surface area contributed by atoms with Crippen LogP contribution in [-0.2, 0) is 5.54 Å². The molecule has 0 bridgehead atoms. The highest BCUT2D eigenvalue weighted by Crippen LogP contribution is 2.39. The van der Waals surface area contributed by atoms with Crippen molar-refractivity contribution in [3.05, 3.63) is 30.1 Å². The zero-order valence-corrected chi connectivity index (χ0v) is 12.6. The topological polar surface area (TPSA) is 64.9 Å². The molecule has 2 N–H and O–H groups in total. The van der Waals surface area contributed by atoms with Gasteiger partial charge in [-0.05, 0) is 31.4 Å². The molecule has 1 heterocycles. The molecule has 8 heteroatoms. The molecule has 1 aromatic heterocycles. The van der Waals surface area contributed by atoms with E-state index >= 15 is 0 Å². The fourth-order valence-corrected chi connectivity index (χ4v) is 2.79. The van der Waals surface area contributed by atoms with E-state index in [1.807, 2.05) is 0 Å². The standard InChI is InChI=1S/C13H13F2N3OS.ClH/c14-12(15)20-9-5-2-1-4-8(9)10-17-11(18-19-10)13(16)6-3-7-13;/h1-2,4-5,12H,3,6-7,16H2;1H. The van der Waals surface area contributed by atoms with E-state index in [4.69, 9.17) is 10.3 Å². The maximum Gasteiger partial charge on any atom is 0.288 e. The summed E-state index contributed by atoms with van der Waals surface area (Å²) in [5.74, 6) is -1.80. The Balaban J connectivity index is 0.00000161. The van der Waals surface area contributed by atoms with E-state index < -0.39 is 11.3 Å². The van der Waals surface area contributed by atoms with Gasteiger partial charge in [-0.2, -0.15) is 13.8 Å². The highest BCUT2D eigenvalue weighted by atomic mass is 35.5. The van der Waals surface area contributed by atoms with Crippen molar-refractivity contribution in [2.24, 2.45) is 5.73 Å². The number of alkyl halides is 2. The smallest absolute Gasteiger partial charge is 0.288 e. The van der Waals surface area contributed by atoms with Gasteiger partial charge in [0.2, 0.25) is 0 Å². The van der Waals surface area contributed by atoms with Crippen molar-refractivity contribution >= 4 is 24.2 Å². The Bertz CT molecular complexity index is 619. The van der Waals surface area contributed by atoms with Gasteiger partial charge in [-0.3, -0.25) is 0 Å². The van der Waals surface area contributed by atoms with Crippen LogP contribution in [-0.4, -0.2) is 15.9 Å². The summed E-state index contributed by atoms with van der Waals surface area (Å²) in [5, 5.41) is 3.90. The highest BCUT2D eigenvalue weighted by Gasteiger charge is 2.39. The van der Waals surface area contributed by atoms with Gasteiger partial charge < -0.3 is 10.3 Å². The maximum absolute atomic E-state index is 12.6. The van der Waals surface area contributed by atoms with E-state index in [1.54, 1.807) is 24.3 Å². The molecule has 1 aliphatic rings. The van der Waals surface area contributed by atoms with Gasteiger partial charge in [0.05, 0.1) is 11.1 Å². The lowest BCUT2D eigenvalue weighted by molar-refractivity contribution is 0.229. The summed E-state index contributed by atoms with van der Waals surface area (Å²) >= 11 is 0.464. The molecule has 114 valence electrons. The van der Waals surface area contributed by atoms with E-state index in [-0.39, 0.29) is 18.3 Å². The van der Waals surface area contributed by atoms with Crippen LogP contribution in [0.1, 0.15) is 25.1 Å². The second kappa shape index (κ2) is 6.29. The molecule has 1 aromatic carbocycles. The van der Waals surface area contributed by atoms with E-state index in [2.05, 4.69) is 10.1 Å². The Labute approximate surface area is 130 Å². The molecular weight excluding hydrogens is 320 g/mol. The van der Waals surface area contributed by atoms with Crippen molar-refractivity contribution in [2.45, 2.75) is 35.5 Å². The summed E-state index contributed by atoms with van der Waals surface area (Å²) in [6.45, 7) is 0. The SMILES string of the molecule is Cl.NC1(c2noc(-c3ccccc3SC(F)F)n2)CCC1. The average molecular weight is 334 g/mol. The summed E-state index contributed by atoms with van der Waals surface area (Å²) < 4.78 is 30.3. The van der Waals surface area contributed by atoms with Crippen LogP contribution < -0.4 is 5.73 Å². The zero-order valence-electron chi connectivity index (χ0n) is 11.0. The number of aromatic nitrogens is 2. The van der Waals surface area contributed by atoms with E-state index in [9.17, 15) is 8.78 Å². The van der Waals surface area contributed by atoms with Gasteiger partial charge >= 0.3 is 0 Å². The minimum absolute atomic E-state index is 0. The first-order valence-electron chi connectivity index (χ1n) is 6.26. The fourth-order valence-electron chi connectivity index (χ4n) is 2.16. The Hall–Kier alpha value is -1.18. The summed E-state index contributed by atoms with van der Waals surface area (Å²) in [6.07, 6.45) is 2.68. The molecule has 0 saturated heterocycles. The molecule has 0 atom stereocenters. The van der Waals surface area contributed by atoms with Gasteiger partial charge in [-0.1, -0.05) is 29.1 Å². The van der Waals surface area contributed by atoms with Crippen LogP contribution in [0.25, 0.3) is 11.5 Å². The van der Waals surface area contributed by atoms with Crippen LogP contribution in [0.3, 0.4) is 0 Å². The number of thioether (sulfide) groups is 1. The van der Waals surface area contributed by atoms with Crippen molar-refractivity contribution in [1.82, 2.24) is 10.1 Å². The van der Waals surface area contributed by atoms with Crippen molar-refractivity contribution in [1.29, 1.82) is 0 Å². The normalized spacial score (nSPS) is 16.4. The van der Waals surface area contributed by atoms with Crippen LogP contribution in [0, 0.1) is 0 Å². The fraction of sp³-hybridized carbons (Fsp3) is 0.385. The predicted octanol–water partition coefficient (Wildman–Crippen LogP) is 3.81. The molecule has 21 heavy (non-hydrogen) atoms. The third-order valence-electron chi connectivity index (χ3n) is 3.45. The second-order valence-electron chi connectivity index (χ2n) is 4.81. The first-order valence-corrected chi connectivity index (χ1v) is 7.14. The summed E-state index contributed by atoms with van der Waals surface area (Å²) in [7, 11) is 0. The minimum Gasteiger partial charge on any atom is -0.334 e. The first-order chi connectivity index (χ1) is 9.58. The summed E-state index contributed by atoms with van der Waals surface area (Å²) in [4.78, 5) is 4.70. The summed E-state index contributed by atoms with van der Waals surface area (Å²) in [5.41, 5.74) is 6.12. The van der Waals surface area contributed by atoms with Crippen LogP contribution in [0.2, 0.25) is 0 Å². The number of hydrogen-bond donors (Lipinski definition) is 1. The van der Waals surface area contributed by atoms with Gasteiger partial charge in [0.25, 0.3) is 11.6 Å². The van der Waals surface area contributed by atoms with Gasteiger partial charge in [0.1, 0.15) is 0 Å². The van der Waals surface area contributed by atoms with Crippen LogP contribution in [0.4, 0.5) is 8.78 Å². The molecule has 0 unspecified atom stereocenters. The maximum atomic E-state index is 12.6. The number of nitrogens with zero attached hydrogens (tertiary/aromatic N) is 2. The molecule has 1 saturated carbocycles. The van der Waals surface area contributed by atoms with Gasteiger partial charge in [-0.25, -0.2) is 0 Å². The molecular formula is C13H14ClF2N3OS. The van der Waals surface area contributed by atoms with Gasteiger partial charge in [0, 0.05) is 4.90 Å². The molecule has 0 aliphatic heterocycles. The molecule has 0 spiro atoms. The van der Waals surface area contributed by atoms with Gasteiger partial charge in [-0.15, -0.1) is 12.4 Å². The molecule has 3 rings (SSSR count). The van der Waals surface area contributed by atoms with E-state index in [0.717, 1.165) is 19.3 Å². The summed E-state index contributed by atoms with van der Waals surface area (Å²) in [6, 6.07) is 6.74. The highest BCUT2D eigenvalue weighted by molar-refractivity contribution is 7.99. The lowest BCUT2D eigenvalue weighted by Crippen LogP contribution is -2.44. The Morgan fingerprint density at radius 1 is 1.29 bits per heavy atom. The largest absolute Gasteiger partial charge is 0.334 e. The number of benzene rings is 1. The van der Waals surface area contributed by atoms with Crippen LogP contribution >= 0.6 is 24.2 Å². The number of rotatable bonds is 4. The van der Waals surface area contributed by atoms with Crippen LogP contribution in [0.5, 0.6) is 0 Å². The number of halogens is 3. The monoisotopic (exact) mass is 333 g/mol. The lowest BCUT2D eigenvalue weighted by Gasteiger charge is -2.34. The third kappa shape index (κ3) is 3.20. The quantitative estimate of drug-likeness (QED) is 0.862. The Kier molecular flexibility index (Phi) is 4.85. The third-order valence-corrected chi connectivity index (χ3v) is 4.24. The van der Waals surface area contributed by atoms with E-state index in [0.29, 0.717) is 28.0 Å². The van der Waals surface area contributed by atoms with Crippen molar-refractivity contribution < 1.29 is 13.3 Å². The molecule has 4 nitrogen and oxygen atoms in total. The van der Waals surface area contributed by atoms with E-state index in [1.165, 1.54) is 0 Å². The lowest BCUT2D eigenvalue weighted by atomic mass is 9.77. The van der Waals surface area contributed by atoms with Crippen molar-refractivity contribution in [3.8, 4) is 11.5 Å². The molecule has 2 aromatic rings. The Morgan fingerprint density at radius 3 is 2.62 bits per heavy atom. The second-order valence-corrected chi connectivity index (χ2v) is 5.84. The number of nitrogens with two attached hydrogens (primary N) is 1. The average Bonchev–Trinajstić information content (AvgIpc) is 2.85. The van der Waals surface area contributed by atoms with Crippen LogP contribution in [0.15, 0.2) is 33.7 Å². The Morgan fingerprint density at radius 2 is 2.00 bits per heavy atom. The molecule has 1 fully saturated rings. The first kappa shape index (κ1) is 16.2. The number of hydrogen-bond acceptors (Lipinski definition) is 5. The predicted molar refractivity (Wildman–Crippen MR) is 78.6 cm³/mol.